The summed E-state index contributed by atoms with van der Waals surface area (Å²) < 4.78 is 13.7. The van der Waals surface area contributed by atoms with Crippen molar-refractivity contribution in [3.63, 3.8) is 0 Å². The van der Waals surface area contributed by atoms with Crippen molar-refractivity contribution in [2.75, 3.05) is 7.11 Å². The number of ether oxygens (including phenoxy) is 2. The Labute approximate surface area is 198 Å². The molecule has 0 saturated carbocycles. The van der Waals surface area contributed by atoms with E-state index in [0.717, 1.165) is 22.5 Å². The zero-order valence-electron chi connectivity index (χ0n) is 18.9. The van der Waals surface area contributed by atoms with Crippen molar-refractivity contribution in [3.05, 3.63) is 105 Å². The predicted octanol–water partition coefficient (Wildman–Crippen LogP) is 5.62. The first-order valence-electron chi connectivity index (χ1n) is 10.6. The Hall–Kier alpha value is -3.71. The van der Waals surface area contributed by atoms with Gasteiger partial charge in [0.2, 0.25) is 4.77 Å². The molecule has 6 nitrogen and oxygen atoms in total. The maximum absolute atomic E-state index is 6.05. The Balaban J connectivity index is 1.51. The zero-order chi connectivity index (χ0) is 23.2. The Morgan fingerprint density at radius 3 is 2.64 bits per heavy atom. The van der Waals surface area contributed by atoms with Crippen LogP contribution in [0.5, 0.6) is 11.5 Å². The van der Waals surface area contributed by atoms with Gasteiger partial charge in [0, 0.05) is 6.42 Å². The van der Waals surface area contributed by atoms with E-state index in [4.69, 9.17) is 21.7 Å². The van der Waals surface area contributed by atoms with Crippen molar-refractivity contribution in [2.45, 2.75) is 26.9 Å². The maximum atomic E-state index is 6.05. The minimum atomic E-state index is 0.442. The van der Waals surface area contributed by atoms with Crippen LogP contribution in [0.3, 0.4) is 0 Å². The van der Waals surface area contributed by atoms with E-state index in [2.05, 4.69) is 47.3 Å². The van der Waals surface area contributed by atoms with E-state index in [1.165, 1.54) is 11.1 Å². The number of methoxy groups -OCH3 is 1. The Kier molecular flexibility index (Phi) is 7.00. The summed E-state index contributed by atoms with van der Waals surface area (Å²) in [5.74, 6) is 2.06. The molecule has 1 aromatic heterocycles. The zero-order valence-corrected chi connectivity index (χ0v) is 19.7. The monoisotopic (exact) mass is 458 g/mol. The fourth-order valence-corrected chi connectivity index (χ4v) is 3.65. The van der Waals surface area contributed by atoms with Crippen molar-refractivity contribution in [1.82, 2.24) is 14.9 Å². The molecule has 1 N–H and O–H groups in total. The molecule has 0 atom stereocenters. The van der Waals surface area contributed by atoms with Crippen molar-refractivity contribution < 1.29 is 9.47 Å². The molecule has 0 radical (unpaired) electrons. The molecule has 0 spiro atoms. The topological polar surface area (TPSA) is 64.4 Å². The van der Waals surface area contributed by atoms with E-state index in [9.17, 15) is 0 Å². The Bertz CT molecular complexity index is 1330. The van der Waals surface area contributed by atoms with Crippen LogP contribution >= 0.6 is 12.2 Å². The molecule has 4 aromatic rings. The average Bonchev–Trinajstić information content (AvgIpc) is 3.18. The van der Waals surface area contributed by atoms with E-state index in [1.807, 2.05) is 48.5 Å². The van der Waals surface area contributed by atoms with E-state index in [0.29, 0.717) is 29.3 Å². The number of H-pyrrole nitrogens is 1. The summed E-state index contributed by atoms with van der Waals surface area (Å²) in [7, 11) is 1.63. The highest BCUT2D eigenvalue weighted by Gasteiger charge is 2.09. The molecule has 0 aliphatic carbocycles. The second-order valence-electron chi connectivity index (χ2n) is 7.79. The van der Waals surface area contributed by atoms with Gasteiger partial charge < -0.3 is 9.47 Å². The van der Waals surface area contributed by atoms with E-state index in [-0.39, 0.29) is 0 Å². The van der Waals surface area contributed by atoms with Crippen LogP contribution in [-0.2, 0) is 13.0 Å². The molecule has 4 rings (SSSR count). The van der Waals surface area contributed by atoms with Gasteiger partial charge >= 0.3 is 0 Å². The summed E-state index contributed by atoms with van der Waals surface area (Å²) in [5, 5.41) is 11.7. The second-order valence-corrected chi connectivity index (χ2v) is 8.18. The molecule has 168 valence electrons. The molecule has 0 saturated heterocycles. The SMILES string of the molecule is COc1cc(/C=N\n2c(Cc3ccccc3)n[nH]c2=S)ccc1OCc1cc(C)ccc1C. The summed E-state index contributed by atoms with van der Waals surface area (Å²) in [6.45, 7) is 4.64. The summed E-state index contributed by atoms with van der Waals surface area (Å²) in [6.07, 6.45) is 2.36. The van der Waals surface area contributed by atoms with Crippen molar-refractivity contribution in [3.8, 4) is 11.5 Å². The molecule has 0 fully saturated rings. The third-order valence-corrected chi connectivity index (χ3v) is 5.58. The summed E-state index contributed by atoms with van der Waals surface area (Å²) in [4.78, 5) is 0. The van der Waals surface area contributed by atoms with Crippen LogP contribution in [0.1, 0.15) is 33.6 Å². The molecule has 1 heterocycles. The van der Waals surface area contributed by atoms with Gasteiger partial charge in [0.15, 0.2) is 17.3 Å². The lowest BCUT2D eigenvalue weighted by molar-refractivity contribution is 0.284. The number of rotatable bonds is 8. The molecular weight excluding hydrogens is 432 g/mol. The lowest BCUT2D eigenvalue weighted by Gasteiger charge is -2.13. The van der Waals surface area contributed by atoms with Crippen LogP contribution in [0.15, 0.2) is 71.8 Å². The van der Waals surface area contributed by atoms with Gasteiger partial charge in [0.05, 0.1) is 13.3 Å². The van der Waals surface area contributed by atoms with Crippen LogP contribution in [-0.4, -0.2) is 28.2 Å². The summed E-state index contributed by atoms with van der Waals surface area (Å²) in [6, 6.07) is 22.2. The molecule has 0 amide bonds. The largest absolute Gasteiger partial charge is 0.493 e. The van der Waals surface area contributed by atoms with Crippen molar-refractivity contribution in [1.29, 1.82) is 0 Å². The third-order valence-electron chi connectivity index (χ3n) is 5.32. The van der Waals surface area contributed by atoms with Gasteiger partial charge in [-0.3, -0.25) is 5.10 Å². The van der Waals surface area contributed by atoms with Crippen molar-refractivity contribution >= 4 is 18.4 Å². The molecular formula is C26H26N4O2S. The number of hydrogen-bond acceptors (Lipinski definition) is 5. The lowest BCUT2D eigenvalue weighted by Crippen LogP contribution is -2.02. The fraction of sp³-hybridized carbons (Fsp3) is 0.192. The van der Waals surface area contributed by atoms with Gasteiger partial charge in [0.1, 0.15) is 6.61 Å². The highest BCUT2D eigenvalue weighted by atomic mass is 32.1. The van der Waals surface area contributed by atoms with Crippen molar-refractivity contribution in [2.24, 2.45) is 5.10 Å². The number of hydrogen-bond donors (Lipinski definition) is 1. The third kappa shape index (κ3) is 5.56. The minimum Gasteiger partial charge on any atom is -0.493 e. The summed E-state index contributed by atoms with van der Waals surface area (Å²) >= 11 is 5.36. The van der Waals surface area contributed by atoms with Gasteiger partial charge in [-0.2, -0.15) is 14.9 Å². The summed E-state index contributed by atoms with van der Waals surface area (Å²) in [5.41, 5.74) is 5.56. The number of nitrogens with zero attached hydrogens (tertiary/aromatic N) is 3. The highest BCUT2D eigenvalue weighted by molar-refractivity contribution is 7.71. The number of aromatic nitrogens is 3. The molecule has 0 bridgehead atoms. The maximum Gasteiger partial charge on any atom is 0.216 e. The first kappa shape index (κ1) is 22.5. The fourth-order valence-electron chi connectivity index (χ4n) is 3.46. The van der Waals surface area contributed by atoms with Gasteiger partial charge in [-0.15, -0.1) is 0 Å². The Morgan fingerprint density at radius 1 is 1.03 bits per heavy atom. The standard InChI is InChI=1S/C26H26N4O2S/c1-18-9-10-19(2)22(13-18)17-32-23-12-11-21(14-24(23)31-3)16-27-30-25(28-29-26(30)33)15-20-7-5-4-6-8-20/h4-14,16H,15,17H2,1-3H3,(H,29,33)/b27-16-. The van der Waals surface area contributed by atoms with Crippen LogP contribution in [0.25, 0.3) is 0 Å². The van der Waals surface area contributed by atoms with Crippen LogP contribution < -0.4 is 9.47 Å². The van der Waals surface area contributed by atoms with Crippen LogP contribution in [0.4, 0.5) is 0 Å². The number of aryl methyl sites for hydroxylation is 2. The molecule has 0 aliphatic rings. The van der Waals surface area contributed by atoms with Gasteiger partial charge in [0.25, 0.3) is 0 Å². The quantitative estimate of drug-likeness (QED) is 0.275. The number of nitrogens with one attached hydrogen (secondary N) is 1. The normalized spacial score (nSPS) is 11.1. The lowest BCUT2D eigenvalue weighted by atomic mass is 10.1. The van der Waals surface area contributed by atoms with Gasteiger partial charge in [-0.1, -0.05) is 54.1 Å². The van der Waals surface area contributed by atoms with Gasteiger partial charge in [-0.05, 0) is 66.5 Å². The average molecular weight is 459 g/mol. The van der Waals surface area contributed by atoms with Crippen LogP contribution in [0, 0.1) is 18.6 Å². The molecule has 0 unspecified atom stereocenters. The van der Waals surface area contributed by atoms with E-state index < -0.39 is 0 Å². The molecule has 0 aliphatic heterocycles. The van der Waals surface area contributed by atoms with Crippen LogP contribution in [0.2, 0.25) is 0 Å². The predicted molar refractivity (Wildman–Crippen MR) is 133 cm³/mol. The first-order valence-corrected chi connectivity index (χ1v) is 11.1. The molecule has 7 heteroatoms. The van der Waals surface area contributed by atoms with Gasteiger partial charge in [-0.25, -0.2) is 0 Å². The first-order chi connectivity index (χ1) is 16.0. The highest BCUT2D eigenvalue weighted by Crippen LogP contribution is 2.29. The van der Waals surface area contributed by atoms with E-state index >= 15 is 0 Å². The Morgan fingerprint density at radius 2 is 1.85 bits per heavy atom. The number of aromatic amines is 1. The molecule has 33 heavy (non-hydrogen) atoms. The number of benzene rings is 3. The molecule has 3 aromatic carbocycles. The minimum absolute atomic E-state index is 0.442. The second kappa shape index (κ2) is 10.3. The van der Waals surface area contributed by atoms with E-state index in [1.54, 1.807) is 18.0 Å². The smallest absolute Gasteiger partial charge is 0.216 e.